The minimum atomic E-state index is 0.217. The summed E-state index contributed by atoms with van der Waals surface area (Å²) < 4.78 is 12.0. The summed E-state index contributed by atoms with van der Waals surface area (Å²) in [6.45, 7) is 6.18. The highest BCUT2D eigenvalue weighted by molar-refractivity contribution is 9.10. The first-order valence-electron chi connectivity index (χ1n) is 8.72. The number of carbonyl (C=O) groups is 1. The molecule has 0 bridgehead atoms. The zero-order valence-corrected chi connectivity index (χ0v) is 15.3. The first-order valence-corrected chi connectivity index (χ1v) is 9.51. The Balaban J connectivity index is 1.28. The summed E-state index contributed by atoms with van der Waals surface area (Å²) in [4.78, 5) is 14.9. The fraction of sp³-hybridized carbons (Fsp3) is 0.588. The van der Waals surface area contributed by atoms with Crippen LogP contribution < -0.4 is 24.6 Å². The number of hydrogen-bond donors (Lipinski definition) is 3. The van der Waals surface area contributed by atoms with E-state index in [0.717, 1.165) is 61.5 Å². The van der Waals surface area contributed by atoms with Crippen LogP contribution in [-0.4, -0.2) is 51.5 Å². The van der Waals surface area contributed by atoms with Crippen molar-refractivity contribution in [3.63, 3.8) is 0 Å². The molecule has 3 N–H and O–H groups in total. The molecule has 1 aliphatic carbocycles. The second-order valence-electron chi connectivity index (χ2n) is 6.99. The monoisotopic (exact) mass is 397 g/mol. The van der Waals surface area contributed by atoms with E-state index < -0.39 is 0 Å². The average molecular weight is 398 g/mol. The molecular weight excluding hydrogens is 374 g/mol. The van der Waals surface area contributed by atoms with E-state index in [2.05, 4.69) is 27.3 Å². The molecule has 0 radical (unpaired) electrons. The number of benzene rings is 1. The summed E-state index contributed by atoms with van der Waals surface area (Å²) in [6.07, 6.45) is 2.31. The molecule has 0 atom stereocenters. The first-order chi connectivity index (χ1) is 11.7. The van der Waals surface area contributed by atoms with E-state index in [-0.39, 0.29) is 5.91 Å². The summed E-state index contributed by atoms with van der Waals surface area (Å²) in [7, 11) is 0. The summed E-state index contributed by atoms with van der Waals surface area (Å²) in [5.41, 5.74) is 1.25. The standard InChI is InChI=1S/C17H22BrN3O3/c18-14-8-16-15(23-11-24-16)7-12(14)9-20-3-5-21(6-4-20)10-17(22)19-13-1-2-13/h7-8,13H,1-6,9-11H2,(H,19,22)/p+2. The highest BCUT2D eigenvalue weighted by Gasteiger charge is 2.29. The first kappa shape index (κ1) is 16.2. The van der Waals surface area contributed by atoms with Crippen molar-refractivity contribution < 1.29 is 24.1 Å². The molecule has 130 valence electrons. The predicted octanol–water partition coefficient (Wildman–Crippen LogP) is -1.26. The number of rotatable bonds is 5. The minimum absolute atomic E-state index is 0.217. The zero-order chi connectivity index (χ0) is 16.5. The van der Waals surface area contributed by atoms with Crippen LogP contribution in [-0.2, 0) is 11.3 Å². The smallest absolute Gasteiger partial charge is 0.275 e. The molecule has 2 heterocycles. The van der Waals surface area contributed by atoms with Crippen molar-refractivity contribution in [2.75, 3.05) is 39.5 Å². The van der Waals surface area contributed by atoms with Gasteiger partial charge < -0.3 is 24.6 Å². The van der Waals surface area contributed by atoms with Crippen molar-refractivity contribution in [1.29, 1.82) is 0 Å². The molecule has 24 heavy (non-hydrogen) atoms. The van der Waals surface area contributed by atoms with Crippen LogP contribution in [0.3, 0.4) is 0 Å². The minimum Gasteiger partial charge on any atom is -0.454 e. The lowest BCUT2D eigenvalue weighted by Crippen LogP contribution is -3.28. The van der Waals surface area contributed by atoms with Crippen molar-refractivity contribution in [2.24, 2.45) is 0 Å². The Morgan fingerprint density at radius 2 is 1.79 bits per heavy atom. The molecule has 1 aromatic rings. The van der Waals surface area contributed by atoms with Crippen LogP contribution in [0.5, 0.6) is 11.5 Å². The number of halogens is 1. The van der Waals surface area contributed by atoms with Gasteiger partial charge in [0.15, 0.2) is 18.0 Å². The largest absolute Gasteiger partial charge is 0.454 e. The molecule has 2 fully saturated rings. The fourth-order valence-electron chi connectivity index (χ4n) is 3.41. The van der Waals surface area contributed by atoms with E-state index in [1.165, 1.54) is 10.5 Å². The van der Waals surface area contributed by atoms with Gasteiger partial charge in [-0.25, -0.2) is 0 Å². The van der Waals surface area contributed by atoms with E-state index in [1.807, 2.05) is 6.07 Å². The Morgan fingerprint density at radius 3 is 2.50 bits per heavy atom. The van der Waals surface area contributed by atoms with E-state index in [9.17, 15) is 4.79 Å². The van der Waals surface area contributed by atoms with Crippen LogP contribution in [0.15, 0.2) is 16.6 Å². The van der Waals surface area contributed by atoms with Gasteiger partial charge in [0.1, 0.15) is 32.7 Å². The van der Waals surface area contributed by atoms with E-state index in [4.69, 9.17) is 9.47 Å². The van der Waals surface area contributed by atoms with Gasteiger partial charge in [0.25, 0.3) is 5.91 Å². The van der Waals surface area contributed by atoms with Gasteiger partial charge in [-0.15, -0.1) is 0 Å². The van der Waals surface area contributed by atoms with E-state index in [0.29, 0.717) is 19.4 Å². The van der Waals surface area contributed by atoms with Crippen LogP contribution in [0.4, 0.5) is 0 Å². The highest BCUT2D eigenvalue weighted by atomic mass is 79.9. The van der Waals surface area contributed by atoms with Crippen LogP contribution in [0.1, 0.15) is 18.4 Å². The number of hydrogen-bond acceptors (Lipinski definition) is 3. The Labute approximate surface area is 150 Å². The Hall–Kier alpha value is -1.31. The Kier molecular flexibility index (Phi) is 4.65. The van der Waals surface area contributed by atoms with Crippen molar-refractivity contribution in [3.05, 3.63) is 22.2 Å². The second kappa shape index (κ2) is 6.90. The van der Waals surface area contributed by atoms with Gasteiger partial charge in [-0.2, -0.15) is 0 Å². The highest BCUT2D eigenvalue weighted by Crippen LogP contribution is 2.36. The maximum absolute atomic E-state index is 11.9. The average Bonchev–Trinajstić information content (AvgIpc) is 3.25. The lowest BCUT2D eigenvalue weighted by Gasteiger charge is -2.29. The summed E-state index contributed by atoms with van der Waals surface area (Å²) >= 11 is 3.64. The zero-order valence-electron chi connectivity index (χ0n) is 13.7. The maximum atomic E-state index is 11.9. The van der Waals surface area contributed by atoms with Gasteiger partial charge in [-0.3, -0.25) is 4.79 Å². The Bertz CT molecular complexity index is 628. The normalized spacial score (nSPS) is 25.5. The molecular formula is C17H24BrN3O3+2. The van der Waals surface area contributed by atoms with E-state index in [1.54, 1.807) is 4.90 Å². The van der Waals surface area contributed by atoms with Gasteiger partial charge in [0.2, 0.25) is 6.79 Å². The summed E-state index contributed by atoms with van der Waals surface area (Å²) in [5, 5.41) is 3.09. The molecule has 3 aliphatic rings. The van der Waals surface area contributed by atoms with Gasteiger partial charge >= 0.3 is 0 Å². The summed E-state index contributed by atoms with van der Waals surface area (Å²) in [5.74, 6) is 1.87. The lowest BCUT2D eigenvalue weighted by molar-refractivity contribution is -1.02. The number of nitrogens with one attached hydrogen (secondary N) is 3. The molecule has 6 nitrogen and oxygen atoms in total. The molecule has 2 aliphatic heterocycles. The van der Waals surface area contributed by atoms with Crippen LogP contribution in [0.25, 0.3) is 0 Å². The van der Waals surface area contributed by atoms with Gasteiger partial charge in [0.05, 0.1) is 0 Å². The van der Waals surface area contributed by atoms with E-state index >= 15 is 0 Å². The molecule has 4 rings (SSSR count). The molecule has 1 aromatic carbocycles. The third kappa shape index (κ3) is 3.84. The van der Waals surface area contributed by atoms with Crippen molar-refractivity contribution in [1.82, 2.24) is 5.32 Å². The quantitative estimate of drug-likeness (QED) is 0.581. The van der Waals surface area contributed by atoms with Crippen LogP contribution >= 0.6 is 15.9 Å². The third-order valence-electron chi connectivity index (χ3n) is 5.00. The molecule has 0 aromatic heterocycles. The fourth-order valence-corrected chi connectivity index (χ4v) is 3.87. The molecule has 7 heteroatoms. The number of piperazine rings is 1. The number of carbonyl (C=O) groups excluding carboxylic acids is 1. The second-order valence-corrected chi connectivity index (χ2v) is 7.85. The predicted molar refractivity (Wildman–Crippen MR) is 91.4 cm³/mol. The van der Waals surface area contributed by atoms with Crippen LogP contribution in [0.2, 0.25) is 0 Å². The number of ether oxygens (including phenoxy) is 2. The molecule has 1 saturated carbocycles. The third-order valence-corrected chi connectivity index (χ3v) is 5.74. The molecule has 1 saturated heterocycles. The van der Waals surface area contributed by atoms with Crippen molar-refractivity contribution in [3.8, 4) is 11.5 Å². The SMILES string of the molecule is O=C(C[NH+]1CC[NH+](Cc2cc3c(cc2Br)OCO3)CC1)NC1CC1. The Morgan fingerprint density at radius 1 is 1.12 bits per heavy atom. The topological polar surface area (TPSA) is 56.4 Å². The summed E-state index contributed by atoms with van der Waals surface area (Å²) in [6, 6.07) is 4.55. The van der Waals surface area contributed by atoms with Crippen LogP contribution in [0, 0.1) is 0 Å². The van der Waals surface area contributed by atoms with Gasteiger partial charge in [0, 0.05) is 16.1 Å². The number of amides is 1. The van der Waals surface area contributed by atoms with Crippen molar-refractivity contribution in [2.45, 2.75) is 25.4 Å². The number of fused-ring (bicyclic) bond motifs is 1. The molecule has 0 unspecified atom stereocenters. The van der Waals surface area contributed by atoms with Gasteiger partial charge in [-0.05, 0) is 25.0 Å². The molecule has 0 spiro atoms. The van der Waals surface area contributed by atoms with Crippen molar-refractivity contribution >= 4 is 21.8 Å². The lowest BCUT2D eigenvalue weighted by atomic mass is 10.1. The maximum Gasteiger partial charge on any atom is 0.275 e. The molecule has 1 amide bonds. The number of quaternary nitrogens is 2. The van der Waals surface area contributed by atoms with Gasteiger partial charge in [-0.1, -0.05) is 15.9 Å².